The minimum atomic E-state index is -0.324. The second-order valence-electron chi connectivity index (χ2n) is 7.11. The molecular formula is C21H29FN4O2. The molecule has 0 bridgehead atoms. The Hall–Kier alpha value is -2.25. The van der Waals surface area contributed by atoms with Crippen LogP contribution in [-0.4, -0.2) is 59.8 Å². The Morgan fingerprint density at radius 2 is 1.96 bits per heavy atom. The molecule has 1 aliphatic heterocycles. The maximum Gasteiger partial charge on any atom is 0.280 e. The number of morpholine rings is 1. The first-order chi connectivity index (χ1) is 13.6. The first-order valence-corrected chi connectivity index (χ1v) is 10.0. The molecule has 1 N–H and O–H groups in total. The standard InChI is InChI=1S/C21H29FN4O2/c1-3-5-19-20(16(2)23-10-4-11-25-12-14-28-15-13-25)21(27)26(24-19)18-8-6-17(22)7-9-18/h6-9,24H,3-5,10-15H2,1-2H3. The van der Waals surface area contributed by atoms with Gasteiger partial charge in [-0.2, -0.15) is 0 Å². The smallest absolute Gasteiger partial charge is 0.280 e. The molecule has 0 aliphatic carbocycles. The summed E-state index contributed by atoms with van der Waals surface area (Å²) < 4.78 is 20.1. The van der Waals surface area contributed by atoms with Gasteiger partial charge in [-0.1, -0.05) is 13.3 Å². The molecule has 152 valence electrons. The van der Waals surface area contributed by atoms with Crippen LogP contribution in [0.4, 0.5) is 4.39 Å². The fourth-order valence-corrected chi connectivity index (χ4v) is 3.50. The number of aromatic amines is 1. The number of aliphatic imine (C=N–C) groups is 1. The van der Waals surface area contributed by atoms with E-state index in [1.165, 1.54) is 16.8 Å². The molecule has 0 radical (unpaired) electrons. The molecular weight excluding hydrogens is 359 g/mol. The van der Waals surface area contributed by atoms with Crippen molar-refractivity contribution < 1.29 is 9.13 Å². The number of nitrogens with one attached hydrogen (secondary N) is 1. The Balaban J connectivity index is 1.75. The van der Waals surface area contributed by atoms with Crippen LogP contribution < -0.4 is 5.56 Å². The van der Waals surface area contributed by atoms with Crippen molar-refractivity contribution in [1.82, 2.24) is 14.7 Å². The lowest BCUT2D eigenvalue weighted by Crippen LogP contribution is -2.37. The van der Waals surface area contributed by atoms with Gasteiger partial charge in [0, 0.05) is 37.6 Å². The summed E-state index contributed by atoms with van der Waals surface area (Å²) in [7, 11) is 0. The van der Waals surface area contributed by atoms with Crippen molar-refractivity contribution in [3.8, 4) is 5.69 Å². The normalized spacial score (nSPS) is 15.9. The Morgan fingerprint density at radius 3 is 2.64 bits per heavy atom. The number of hydrogen-bond donors (Lipinski definition) is 1. The Labute approximate surface area is 165 Å². The average Bonchev–Trinajstić information content (AvgIpc) is 3.03. The Kier molecular flexibility index (Phi) is 7.17. The summed E-state index contributed by atoms with van der Waals surface area (Å²) in [6.07, 6.45) is 2.64. The van der Waals surface area contributed by atoms with E-state index >= 15 is 0 Å². The van der Waals surface area contributed by atoms with Gasteiger partial charge in [-0.25, -0.2) is 9.07 Å². The number of aryl methyl sites for hydroxylation is 1. The zero-order valence-corrected chi connectivity index (χ0v) is 16.7. The zero-order valence-electron chi connectivity index (χ0n) is 16.7. The summed E-state index contributed by atoms with van der Waals surface area (Å²) in [5.41, 5.74) is 2.76. The number of rotatable bonds is 8. The lowest BCUT2D eigenvalue weighted by atomic mass is 10.1. The number of nitrogens with zero attached hydrogens (tertiary/aromatic N) is 3. The number of halogens is 1. The molecule has 0 atom stereocenters. The Morgan fingerprint density at radius 1 is 1.25 bits per heavy atom. The van der Waals surface area contributed by atoms with Gasteiger partial charge in [0.2, 0.25) is 0 Å². The molecule has 3 rings (SSSR count). The van der Waals surface area contributed by atoms with Gasteiger partial charge in [-0.3, -0.25) is 19.8 Å². The fraction of sp³-hybridized carbons (Fsp3) is 0.524. The third kappa shape index (κ3) is 4.97. The van der Waals surface area contributed by atoms with Crippen LogP contribution in [0, 0.1) is 5.82 Å². The van der Waals surface area contributed by atoms with Crippen LogP contribution in [-0.2, 0) is 11.2 Å². The number of H-pyrrole nitrogens is 1. The van der Waals surface area contributed by atoms with Gasteiger partial charge in [0.1, 0.15) is 5.82 Å². The third-order valence-electron chi connectivity index (χ3n) is 5.00. The minimum Gasteiger partial charge on any atom is -0.379 e. The molecule has 1 fully saturated rings. The van der Waals surface area contributed by atoms with E-state index in [2.05, 4.69) is 21.9 Å². The summed E-state index contributed by atoms with van der Waals surface area (Å²) in [6, 6.07) is 5.91. The number of aromatic nitrogens is 2. The molecule has 28 heavy (non-hydrogen) atoms. The van der Waals surface area contributed by atoms with Gasteiger partial charge >= 0.3 is 0 Å². The Bertz CT molecular complexity index is 848. The fourth-order valence-electron chi connectivity index (χ4n) is 3.50. The highest BCUT2D eigenvalue weighted by atomic mass is 19.1. The van der Waals surface area contributed by atoms with Gasteiger partial charge in [-0.05, 0) is 44.0 Å². The van der Waals surface area contributed by atoms with E-state index in [-0.39, 0.29) is 11.4 Å². The van der Waals surface area contributed by atoms with Crippen LogP contribution in [0.1, 0.15) is 37.9 Å². The van der Waals surface area contributed by atoms with E-state index in [1.54, 1.807) is 12.1 Å². The molecule has 1 aromatic carbocycles. The highest BCUT2D eigenvalue weighted by Crippen LogP contribution is 2.12. The predicted molar refractivity (Wildman–Crippen MR) is 109 cm³/mol. The maximum absolute atomic E-state index is 13.2. The molecule has 6 nitrogen and oxygen atoms in total. The molecule has 1 aromatic heterocycles. The average molecular weight is 388 g/mol. The largest absolute Gasteiger partial charge is 0.379 e. The van der Waals surface area contributed by atoms with E-state index in [0.717, 1.165) is 63.5 Å². The van der Waals surface area contributed by atoms with Crippen LogP contribution >= 0.6 is 0 Å². The summed E-state index contributed by atoms with van der Waals surface area (Å²) in [4.78, 5) is 20.1. The first-order valence-electron chi connectivity index (χ1n) is 10.0. The minimum absolute atomic E-state index is 0.135. The quantitative estimate of drug-likeness (QED) is 0.559. The second-order valence-corrected chi connectivity index (χ2v) is 7.11. The summed E-state index contributed by atoms with van der Waals surface area (Å²) in [5, 5.41) is 3.19. The van der Waals surface area contributed by atoms with Gasteiger partial charge in [-0.15, -0.1) is 0 Å². The van der Waals surface area contributed by atoms with Gasteiger partial charge < -0.3 is 4.74 Å². The maximum atomic E-state index is 13.2. The van der Waals surface area contributed by atoms with Crippen LogP contribution in [0.25, 0.3) is 5.69 Å². The highest BCUT2D eigenvalue weighted by Gasteiger charge is 2.17. The molecule has 0 spiro atoms. The van der Waals surface area contributed by atoms with E-state index in [9.17, 15) is 9.18 Å². The van der Waals surface area contributed by atoms with Crippen molar-refractivity contribution in [3.05, 3.63) is 51.7 Å². The highest BCUT2D eigenvalue weighted by molar-refractivity contribution is 5.99. The van der Waals surface area contributed by atoms with E-state index in [1.807, 2.05) is 6.92 Å². The SMILES string of the molecule is CCCc1[nH]n(-c2ccc(F)cc2)c(=O)c1C(C)=NCCCN1CCOCC1. The van der Waals surface area contributed by atoms with Crippen LogP contribution in [0.3, 0.4) is 0 Å². The topological polar surface area (TPSA) is 62.6 Å². The molecule has 0 saturated carbocycles. The first kappa shape index (κ1) is 20.5. The van der Waals surface area contributed by atoms with Crippen LogP contribution in [0.5, 0.6) is 0 Å². The monoisotopic (exact) mass is 388 g/mol. The van der Waals surface area contributed by atoms with E-state index in [0.29, 0.717) is 17.8 Å². The molecule has 0 unspecified atom stereocenters. The van der Waals surface area contributed by atoms with Gasteiger partial charge in [0.05, 0.1) is 24.5 Å². The van der Waals surface area contributed by atoms with Gasteiger partial charge in [0.25, 0.3) is 5.56 Å². The molecule has 7 heteroatoms. The number of hydrogen-bond acceptors (Lipinski definition) is 4. The van der Waals surface area contributed by atoms with Crippen molar-refractivity contribution in [1.29, 1.82) is 0 Å². The van der Waals surface area contributed by atoms with Gasteiger partial charge in [0.15, 0.2) is 0 Å². The van der Waals surface area contributed by atoms with Crippen molar-refractivity contribution in [2.75, 3.05) is 39.4 Å². The summed E-state index contributed by atoms with van der Waals surface area (Å²) >= 11 is 0. The molecule has 1 aliphatic rings. The van der Waals surface area contributed by atoms with E-state index in [4.69, 9.17) is 4.74 Å². The van der Waals surface area contributed by atoms with Crippen molar-refractivity contribution in [2.24, 2.45) is 4.99 Å². The van der Waals surface area contributed by atoms with Crippen molar-refractivity contribution >= 4 is 5.71 Å². The molecule has 2 aromatic rings. The zero-order chi connectivity index (χ0) is 19.9. The lowest BCUT2D eigenvalue weighted by Gasteiger charge is -2.26. The molecule has 1 saturated heterocycles. The summed E-state index contributed by atoms with van der Waals surface area (Å²) in [6.45, 7) is 9.21. The lowest BCUT2D eigenvalue weighted by molar-refractivity contribution is 0.0377. The second kappa shape index (κ2) is 9.80. The van der Waals surface area contributed by atoms with Crippen LogP contribution in [0.15, 0.2) is 34.1 Å². The number of benzene rings is 1. The predicted octanol–water partition coefficient (Wildman–Crippen LogP) is 2.79. The number of ether oxygens (including phenoxy) is 1. The molecule has 0 amide bonds. The van der Waals surface area contributed by atoms with Crippen molar-refractivity contribution in [3.63, 3.8) is 0 Å². The van der Waals surface area contributed by atoms with Crippen molar-refractivity contribution in [2.45, 2.75) is 33.1 Å². The van der Waals surface area contributed by atoms with E-state index < -0.39 is 0 Å². The third-order valence-corrected chi connectivity index (χ3v) is 5.00. The van der Waals surface area contributed by atoms with Crippen LogP contribution in [0.2, 0.25) is 0 Å². The molecule has 2 heterocycles. The summed E-state index contributed by atoms with van der Waals surface area (Å²) in [5.74, 6) is -0.324.